The Hall–Kier alpha value is -1.59. The van der Waals surface area contributed by atoms with Crippen LogP contribution in [0.3, 0.4) is 0 Å². The second-order valence-electron chi connectivity index (χ2n) is 5.40. The van der Waals surface area contributed by atoms with Crippen molar-refractivity contribution in [3.8, 4) is 23.0 Å². The summed E-state index contributed by atoms with van der Waals surface area (Å²) in [5.41, 5.74) is 12.3. The molecule has 4 N–H and O–H groups in total. The first-order valence-electron chi connectivity index (χ1n) is 7.48. The second kappa shape index (κ2) is 9.06. The maximum absolute atomic E-state index is 11.6. The SMILES string of the molecule is Nc1ccc(Oc2ccc(Oc3ccc(N)cc3)c(S(=O)(=O)[O-])c2)cc1.[K+]. The van der Waals surface area contributed by atoms with Crippen LogP contribution >= 0.6 is 0 Å². The number of nitrogen functional groups attached to an aromatic ring is 2. The van der Waals surface area contributed by atoms with Crippen LogP contribution in [-0.2, 0) is 10.1 Å². The normalized spacial score (nSPS) is 10.7. The Labute approximate surface area is 199 Å². The third kappa shape index (κ3) is 5.94. The molecule has 0 saturated heterocycles. The number of benzene rings is 3. The Bertz CT molecular complexity index is 1020. The first-order chi connectivity index (χ1) is 12.3. The summed E-state index contributed by atoms with van der Waals surface area (Å²) in [6.45, 7) is 0. The molecule has 0 aromatic heterocycles. The number of nitrogens with two attached hydrogens (primary N) is 2. The molecule has 0 atom stereocenters. The fourth-order valence-corrected chi connectivity index (χ4v) is 2.78. The van der Waals surface area contributed by atoms with Gasteiger partial charge in [0.1, 0.15) is 38.0 Å². The monoisotopic (exact) mass is 410 g/mol. The van der Waals surface area contributed by atoms with Crippen molar-refractivity contribution >= 4 is 21.5 Å². The summed E-state index contributed by atoms with van der Waals surface area (Å²) in [5.74, 6) is 0.861. The fraction of sp³-hybridized carbons (Fsp3) is 0. The Morgan fingerprint density at radius 1 is 0.704 bits per heavy atom. The van der Waals surface area contributed by atoms with E-state index in [1.807, 2.05) is 0 Å². The zero-order chi connectivity index (χ0) is 18.7. The van der Waals surface area contributed by atoms with E-state index in [4.69, 9.17) is 20.9 Å². The van der Waals surface area contributed by atoms with Crippen molar-refractivity contribution in [2.75, 3.05) is 11.5 Å². The van der Waals surface area contributed by atoms with E-state index in [2.05, 4.69) is 0 Å². The zero-order valence-electron chi connectivity index (χ0n) is 14.5. The predicted molar refractivity (Wildman–Crippen MR) is 96.3 cm³/mol. The standard InChI is InChI=1S/C18H16N2O5S.K/c19-12-1-5-14(6-2-12)24-16-9-10-17(18(11-16)26(21,22)23)25-15-7-3-13(20)4-8-15;/h1-11H,19-20H2,(H,21,22,23);/q;+1/p-1. The molecule has 9 heteroatoms. The van der Waals surface area contributed by atoms with Crippen LogP contribution in [-0.4, -0.2) is 13.0 Å². The van der Waals surface area contributed by atoms with Crippen molar-refractivity contribution in [1.82, 2.24) is 0 Å². The number of anilines is 2. The molecule has 3 aromatic carbocycles. The van der Waals surface area contributed by atoms with Gasteiger partial charge in [-0.1, -0.05) is 0 Å². The summed E-state index contributed by atoms with van der Waals surface area (Å²) in [6.07, 6.45) is 0. The molecule has 0 radical (unpaired) electrons. The van der Waals surface area contributed by atoms with Crippen LogP contribution in [0.15, 0.2) is 71.6 Å². The molecule has 0 spiro atoms. The Morgan fingerprint density at radius 2 is 1.15 bits per heavy atom. The molecular formula is C18H15KN2O5S. The minimum absolute atomic E-state index is 0. The van der Waals surface area contributed by atoms with E-state index in [0.717, 1.165) is 6.07 Å². The van der Waals surface area contributed by atoms with Crippen LogP contribution < -0.4 is 72.3 Å². The van der Waals surface area contributed by atoms with Crippen molar-refractivity contribution in [2.45, 2.75) is 4.90 Å². The van der Waals surface area contributed by atoms with Gasteiger partial charge >= 0.3 is 51.4 Å². The molecular weight excluding hydrogens is 395 g/mol. The van der Waals surface area contributed by atoms with Crippen molar-refractivity contribution < 1.29 is 73.8 Å². The summed E-state index contributed by atoms with van der Waals surface area (Å²) >= 11 is 0. The quantitative estimate of drug-likeness (QED) is 0.353. The number of ether oxygens (including phenoxy) is 2. The molecule has 0 aliphatic carbocycles. The summed E-state index contributed by atoms with van der Waals surface area (Å²) in [4.78, 5) is -0.526. The van der Waals surface area contributed by atoms with Crippen LogP contribution in [0, 0.1) is 0 Å². The van der Waals surface area contributed by atoms with Crippen molar-refractivity contribution in [1.29, 1.82) is 0 Å². The molecule has 0 fully saturated rings. The largest absolute Gasteiger partial charge is 1.00 e. The molecule has 0 unspecified atom stereocenters. The molecule has 134 valence electrons. The zero-order valence-corrected chi connectivity index (χ0v) is 18.4. The van der Waals surface area contributed by atoms with Crippen LogP contribution in [0.1, 0.15) is 0 Å². The van der Waals surface area contributed by atoms with E-state index in [0.29, 0.717) is 22.9 Å². The Kier molecular flexibility index (Phi) is 7.29. The maximum atomic E-state index is 11.6. The summed E-state index contributed by atoms with van der Waals surface area (Å²) in [7, 11) is -4.78. The first-order valence-corrected chi connectivity index (χ1v) is 8.89. The van der Waals surface area contributed by atoms with Gasteiger partial charge in [-0.25, -0.2) is 8.42 Å². The molecule has 7 nitrogen and oxygen atoms in total. The van der Waals surface area contributed by atoms with Crippen LogP contribution in [0.25, 0.3) is 0 Å². The molecule has 0 bridgehead atoms. The smallest absolute Gasteiger partial charge is 0.744 e. The minimum atomic E-state index is -4.78. The van der Waals surface area contributed by atoms with E-state index < -0.39 is 15.0 Å². The van der Waals surface area contributed by atoms with Gasteiger partial charge in [0.2, 0.25) is 0 Å². The van der Waals surface area contributed by atoms with E-state index in [-0.39, 0.29) is 62.9 Å². The first kappa shape index (κ1) is 21.7. The average Bonchev–Trinajstić information content (AvgIpc) is 2.59. The number of rotatable bonds is 5. The van der Waals surface area contributed by atoms with E-state index in [1.165, 1.54) is 12.1 Å². The van der Waals surface area contributed by atoms with Crippen LogP contribution in [0.4, 0.5) is 11.4 Å². The van der Waals surface area contributed by atoms with Gasteiger partial charge in [0.25, 0.3) is 0 Å². The van der Waals surface area contributed by atoms with Crippen molar-refractivity contribution in [3.63, 3.8) is 0 Å². The van der Waals surface area contributed by atoms with Gasteiger partial charge in [-0.3, -0.25) is 0 Å². The van der Waals surface area contributed by atoms with Gasteiger partial charge in [-0.15, -0.1) is 0 Å². The molecule has 0 saturated carbocycles. The topological polar surface area (TPSA) is 128 Å². The van der Waals surface area contributed by atoms with Crippen molar-refractivity contribution in [3.05, 3.63) is 66.7 Å². The molecule has 3 rings (SSSR count). The van der Waals surface area contributed by atoms with Crippen LogP contribution in [0.5, 0.6) is 23.0 Å². The molecule has 0 heterocycles. The summed E-state index contributed by atoms with van der Waals surface area (Å²) in [5, 5.41) is 0. The molecule has 27 heavy (non-hydrogen) atoms. The fourth-order valence-electron chi connectivity index (χ4n) is 2.17. The molecule has 0 aliphatic heterocycles. The predicted octanol–water partition coefficient (Wildman–Crippen LogP) is 0.344. The third-order valence-electron chi connectivity index (χ3n) is 3.41. The summed E-state index contributed by atoms with van der Waals surface area (Å²) in [6, 6.07) is 16.8. The average molecular weight is 410 g/mol. The third-order valence-corrected chi connectivity index (χ3v) is 4.27. The molecule has 0 amide bonds. The van der Waals surface area contributed by atoms with Gasteiger partial charge in [0, 0.05) is 17.4 Å². The van der Waals surface area contributed by atoms with Gasteiger partial charge in [-0.2, -0.15) is 0 Å². The number of hydrogen-bond donors (Lipinski definition) is 2. The van der Waals surface area contributed by atoms with Crippen LogP contribution in [0.2, 0.25) is 0 Å². The van der Waals surface area contributed by atoms with E-state index in [9.17, 15) is 13.0 Å². The summed E-state index contributed by atoms with van der Waals surface area (Å²) < 4.78 is 45.9. The van der Waals surface area contributed by atoms with Gasteiger partial charge in [-0.05, 0) is 60.7 Å². The molecule has 3 aromatic rings. The van der Waals surface area contributed by atoms with Gasteiger partial charge < -0.3 is 25.5 Å². The van der Waals surface area contributed by atoms with Gasteiger partial charge in [0.05, 0.1) is 0 Å². The minimum Gasteiger partial charge on any atom is -0.744 e. The maximum Gasteiger partial charge on any atom is 1.00 e. The Morgan fingerprint density at radius 3 is 1.63 bits per heavy atom. The van der Waals surface area contributed by atoms with Crippen molar-refractivity contribution in [2.24, 2.45) is 0 Å². The van der Waals surface area contributed by atoms with E-state index in [1.54, 1.807) is 48.5 Å². The number of hydrogen-bond acceptors (Lipinski definition) is 7. The Balaban J connectivity index is 0.00000261. The second-order valence-corrected chi connectivity index (χ2v) is 6.75. The van der Waals surface area contributed by atoms with E-state index >= 15 is 0 Å². The molecule has 0 aliphatic rings. The van der Waals surface area contributed by atoms with Gasteiger partial charge in [0.15, 0.2) is 0 Å².